The van der Waals surface area contributed by atoms with Crippen molar-refractivity contribution in [3.63, 3.8) is 0 Å². The summed E-state index contributed by atoms with van der Waals surface area (Å²) in [5.41, 5.74) is 4.75. The highest BCUT2D eigenvalue weighted by atomic mass is 14.4. The van der Waals surface area contributed by atoms with Crippen LogP contribution in [0.1, 0.15) is 54.7 Å². The molecule has 0 bridgehead atoms. The van der Waals surface area contributed by atoms with E-state index in [1.807, 2.05) is 0 Å². The highest BCUT2D eigenvalue weighted by molar-refractivity contribution is 5.54. The molecule has 0 unspecified atom stereocenters. The molecular weight excluding hydrogens is 168 g/mol. The van der Waals surface area contributed by atoms with Crippen LogP contribution < -0.4 is 0 Å². The maximum atomic E-state index is 2.40. The first-order chi connectivity index (χ1) is 6.86. The molecule has 1 fully saturated rings. The minimum absolute atomic E-state index is 0.865. The van der Waals surface area contributed by atoms with E-state index in [0.29, 0.717) is 0 Å². The Morgan fingerprint density at radius 3 is 2.50 bits per heavy atom. The molecule has 1 saturated carbocycles. The second-order valence-electron chi connectivity index (χ2n) is 5.01. The smallest absolute Gasteiger partial charge is 0.0124 e. The van der Waals surface area contributed by atoms with E-state index >= 15 is 0 Å². The Morgan fingerprint density at radius 2 is 1.79 bits per heavy atom. The predicted molar refractivity (Wildman–Crippen MR) is 59.6 cm³/mol. The van der Waals surface area contributed by atoms with E-state index in [4.69, 9.17) is 0 Å². The molecule has 0 amide bonds. The van der Waals surface area contributed by atoms with Crippen LogP contribution in [0.4, 0.5) is 0 Å². The minimum Gasteiger partial charge on any atom is -0.0590 e. The van der Waals surface area contributed by atoms with Gasteiger partial charge in [-0.15, -0.1) is 0 Å². The van der Waals surface area contributed by atoms with Crippen molar-refractivity contribution in [1.82, 2.24) is 0 Å². The molecule has 0 nitrogen and oxygen atoms in total. The third-order valence-corrected chi connectivity index (χ3v) is 3.95. The maximum Gasteiger partial charge on any atom is 0.0124 e. The summed E-state index contributed by atoms with van der Waals surface area (Å²) in [5.74, 6) is 1.85. The Hall–Kier alpha value is -0.780. The van der Waals surface area contributed by atoms with Gasteiger partial charge in [0, 0.05) is 5.92 Å². The molecule has 0 aliphatic heterocycles. The fraction of sp³-hybridized carbons (Fsp3) is 0.571. The van der Waals surface area contributed by atoms with Gasteiger partial charge in [0.1, 0.15) is 0 Å². The first-order valence-electron chi connectivity index (χ1n) is 5.97. The minimum atomic E-state index is 0.865. The Bertz CT molecular complexity index is 345. The van der Waals surface area contributed by atoms with Crippen LogP contribution in [-0.2, 0) is 0 Å². The van der Waals surface area contributed by atoms with Crippen molar-refractivity contribution in [2.75, 3.05) is 0 Å². The molecule has 0 heterocycles. The van der Waals surface area contributed by atoms with Crippen LogP contribution >= 0.6 is 0 Å². The average molecular weight is 186 g/mol. The monoisotopic (exact) mass is 186 g/mol. The number of fused-ring (bicyclic) bond motifs is 1. The molecule has 0 spiro atoms. The van der Waals surface area contributed by atoms with Crippen LogP contribution in [0.2, 0.25) is 0 Å². The van der Waals surface area contributed by atoms with E-state index in [0.717, 1.165) is 11.8 Å². The Kier molecular flexibility index (Phi) is 1.90. The first kappa shape index (κ1) is 8.52. The zero-order valence-electron chi connectivity index (χ0n) is 8.92. The molecule has 0 N–H and O–H groups in total. The summed E-state index contributed by atoms with van der Waals surface area (Å²) in [7, 11) is 0. The van der Waals surface area contributed by atoms with Crippen molar-refractivity contribution >= 4 is 0 Å². The topological polar surface area (TPSA) is 0 Å². The summed E-state index contributed by atoms with van der Waals surface area (Å²) in [5, 5.41) is 0. The van der Waals surface area contributed by atoms with Crippen LogP contribution in [0.5, 0.6) is 0 Å². The second kappa shape index (κ2) is 3.12. The van der Waals surface area contributed by atoms with Crippen molar-refractivity contribution in [3.8, 4) is 0 Å². The van der Waals surface area contributed by atoms with Crippen LogP contribution in [0.25, 0.3) is 0 Å². The van der Waals surface area contributed by atoms with E-state index in [9.17, 15) is 0 Å². The molecule has 1 aromatic rings. The Balaban J connectivity index is 1.78. The summed E-state index contributed by atoms with van der Waals surface area (Å²) < 4.78 is 0. The number of hydrogen-bond acceptors (Lipinski definition) is 0. The van der Waals surface area contributed by atoms with Crippen molar-refractivity contribution in [2.45, 2.75) is 44.9 Å². The van der Waals surface area contributed by atoms with E-state index in [1.165, 1.54) is 37.7 Å². The lowest BCUT2D eigenvalue weighted by atomic mass is 9.84. The van der Waals surface area contributed by atoms with Gasteiger partial charge in [-0.25, -0.2) is 0 Å². The molecule has 14 heavy (non-hydrogen) atoms. The molecule has 0 radical (unpaired) electrons. The number of benzene rings is 1. The summed E-state index contributed by atoms with van der Waals surface area (Å²) >= 11 is 0. The van der Waals surface area contributed by atoms with Crippen LogP contribution in [-0.4, -0.2) is 0 Å². The largest absolute Gasteiger partial charge is 0.0590 e. The van der Waals surface area contributed by atoms with E-state index in [-0.39, 0.29) is 0 Å². The number of hydrogen-bond donors (Lipinski definition) is 0. The van der Waals surface area contributed by atoms with Gasteiger partial charge in [-0.3, -0.25) is 0 Å². The average Bonchev–Trinajstić information content (AvgIpc) is 2.92. The Morgan fingerprint density at radius 1 is 1.00 bits per heavy atom. The van der Waals surface area contributed by atoms with E-state index in [2.05, 4.69) is 25.1 Å². The Labute approximate surface area is 86.3 Å². The molecule has 74 valence electrons. The van der Waals surface area contributed by atoms with Crippen molar-refractivity contribution in [2.24, 2.45) is 5.92 Å². The van der Waals surface area contributed by atoms with Gasteiger partial charge < -0.3 is 0 Å². The van der Waals surface area contributed by atoms with Crippen LogP contribution in [0.15, 0.2) is 18.2 Å². The molecular formula is C14H18. The van der Waals surface area contributed by atoms with Gasteiger partial charge in [0.25, 0.3) is 0 Å². The summed E-state index contributed by atoms with van der Waals surface area (Å²) in [4.78, 5) is 0. The molecule has 2 aliphatic carbocycles. The first-order valence-corrected chi connectivity index (χ1v) is 5.97. The van der Waals surface area contributed by atoms with Gasteiger partial charge in [-0.05, 0) is 36.8 Å². The molecule has 3 rings (SSSR count). The van der Waals surface area contributed by atoms with E-state index in [1.54, 1.807) is 11.1 Å². The van der Waals surface area contributed by atoms with Crippen molar-refractivity contribution < 1.29 is 0 Å². The third kappa shape index (κ3) is 1.28. The predicted octanol–water partition coefficient (Wildman–Crippen LogP) is 4.02. The molecule has 1 aromatic carbocycles. The fourth-order valence-corrected chi connectivity index (χ4v) is 3.14. The fourth-order valence-electron chi connectivity index (χ4n) is 3.14. The lowest BCUT2D eigenvalue weighted by Gasteiger charge is -2.21. The second-order valence-corrected chi connectivity index (χ2v) is 5.01. The lowest BCUT2D eigenvalue weighted by Crippen LogP contribution is -2.07. The maximum absolute atomic E-state index is 2.40. The van der Waals surface area contributed by atoms with Gasteiger partial charge >= 0.3 is 0 Å². The summed E-state index contributed by atoms with van der Waals surface area (Å²) in [6.07, 6.45) is 7.34. The number of rotatable bonds is 1. The van der Waals surface area contributed by atoms with Gasteiger partial charge in [0.05, 0.1) is 0 Å². The van der Waals surface area contributed by atoms with Gasteiger partial charge in [-0.2, -0.15) is 0 Å². The van der Waals surface area contributed by atoms with Gasteiger partial charge in [0.15, 0.2) is 0 Å². The molecule has 0 aromatic heterocycles. The summed E-state index contributed by atoms with van der Waals surface area (Å²) in [6, 6.07) is 7.01. The molecule has 2 aliphatic rings. The SMILES string of the molecule is Cc1ccc2c(c1)[C@H]2C1CCCCC1. The highest BCUT2D eigenvalue weighted by Crippen LogP contribution is 2.52. The highest BCUT2D eigenvalue weighted by Gasteiger charge is 2.38. The normalized spacial score (nSPS) is 25.9. The summed E-state index contributed by atoms with van der Waals surface area (Å²) in [6.45, 7) is 2.20. The van der Waals surface area contributed by atoms with Crippen molar-refractivity contribution in [3.05, 3.63) is 34.9 Å². The third-order valence-electron chi connectivity index (χ3n) is 3.95. The molecule has 1 atom stereocenters. The van der Waals surface area contributed by atoms with Gasteiger partial charge in [-0.1, -0.05) is 43.0 Å². The van der Waals surface area contributed by atoms with Crippen molar-refractivity contribution in [1.29, 1.82) is 0 Å². The van der Waals surface area contributed by atoms with Crippen LogP contribution in [0, 0.1) is 12.8 Å². The lowest BCUT2D eigenvalue weighted by molar-refractivity contribution is 0.350. The van der Waals surface area contributed by atoms with Crippen LogP contribution in [0.3, 0.4) is 0 Å². The van der Waals surface area contributed by atoms with E-state index < -0.39 is 0 Å². The zero-order chi connectivity index (χ0) is 9.54. The molecule has 0 saturated heterocycles. The zero-order valence-corrected chi connectivity index (χ0v) is 8.92. The molecule has 0 heteroatoms. The quantitative estimate of drug-likeness (QED) is 0.621. The number of aryl methyl sites for hydroxylation is 1. The van der Waals surface area contributed by atoms with Gasteiger partial charge in [0.2, 0.25) is 0 Å². The standard InChI is InChI=1S/C14H18/c1-10-7-8-12-13(9-10)14(12)11-5-3-2-4-6-11/h7-9,11,14H,2-6H2,1H3/t14-/m0/s1.